The van der Waals surface area contributed by atoms with E-state index >= 15 is 0 Å². The molecule has 0 aromatic heterocycles. The van der Waals surface area contributed by atoms with Gasteiger partial charge in [0.1, 0.15) is 5.82 Å². The van der Waals surface area contributed by atoms with Gasteiger partial charge in [-0.3, -0.25) is 0 Å². The van der Waals surface area contributed by atoms with Gasteiger partial charge in [-0.05, 0) is 42.9 Å². The predicted octanol–water partition coefficient (Wildman–Crippen LogP) is 5.47. The maximum absolute atomic E-state index is 13.3. The molecular weight excluding hydrogens is 282 g/mol. The van der Waals surface area contributed by atoms with Crippen LogP contribution in [0, 0.1) is 17.7 Å². The third-order valence-corrected chi connectivity index (χ3v) is 4.30. The van der Waals surface area contributed by atoms with E-state index in [0.29, 0.717) is 17.5 Å². The van der Waals surface area contributed by atoms with Crippen molar-refractivity contribution < 1.29 is 17.6 Å². The number of benzene rings is 1. The van der Waals surface area contributed by atoms with E-state index in [1.54, 1.807) is 0 Å². The summed E-state index contributed by atoms with van der Waals surface area (Å²) in [6.07, 6.45) is -0.506. The number of anilines is 1. The molecule has 0 heterocycles. The van der Waals surface area contributed by atoms with E-state index in [0.717, 1.165) is 31.4 Å². The minimum Gasteiger partial charge on any atom is -0.382 e. The van der Waals surface area contributed by atoms with Crippen LogP contribution < -0.4 is 5.32 Å². The largest absolute Gasteiger partial charge is 0.419 e. The number of hydrogen-bond acceptors (Lipinski definition) is 1. The highest BCUT2D eigenvalue weighted by Crippen LogP contribution is 2.35. The van der Waals surface area contributed by atoms with Crippen molar-refractivity contribution in [1.82, 2.24) is 0 Å². The Kier molecular flexibility index (Phi) is 4.79. The molecule has 1 aromatic carbocycles. The lowest BCUT2D eigenvalue weighted by Gasteiger charge is -2.32. The lowest BCUT2D eigenvalue weighted by atomic mass is 9.79. The fourth-order valence-electron chi connectivity index (χ4n) is 3.03. The Balaban J connectivity index is 2.09. The van der Waals surface area contributed by atoms with Crippen molar-refractivity contribution in [1.29, 1.82) is 0 Å². The van der Waals surface area contributed by atoms with Crippen molar-refractivity contribution in [3.63, 3.8) is 0 Å². The standard InChI is InChI=1S/C16H21F4N/c1-10(2)11-4-3-5-12(8-11)21-13-6-7-15(17)14(9-13)16(18,19)20/h6-7,9-12,21H,3-5,8H2,1-2H3. The number of rotatable bonds is 3. The Hall–Kier alpha value is -1.26. The molecule has 1 aromatic rings. The van der Waals surface area contributed by atoms with Crippen LogP contribution in [0.4, 0.5) is 23.2 Å². The molecule has 21 heavy (non-hydrogen) atoms. The minimum atomic E-state index is -4.66. The first kappa shape index (κ1) is 16.1. The second kappa shape index (κ2) is 6.24. The summed E-state index contributed by atoms with van der Waals surface area (Å²) in [5.74, 6) is -0.0518. The molecule has 5 heteroatoms. The van der Waals surface area contributed by atoms with Gasteiger partial charge in [-0.25, -0.2) is 4.39 Å². The molecule has 1 fully saturated rings. The van der Waals surface area contributed by atoms with Crippen LogP contribution in [0.3, 0.4) is 0 Å². The van der Waals surface area contributed by atoms with Crippen LogP contribution in [0.25, 0.3) is 0 Å². The van der Waals surface area contributed by atoms with E-state index in [1.807, 2.05) is 0 Å². The van der Waals surface area contributed by atoms with E-state index in [9.17, 15) is 17.6 Å². The first-order valence-corrected chi connectivity index (χ1v) is 7.40. The number of alkyl halides is 3. The third-order valence-electron chi connectivity index (χ3n) is 4.30. The Labute approximate surface area is 122 Å². The monoisotopic (exact) mass is 303 g/mol. The zero-order chi connectivity index (χ0) is 15.6. The van der Waals surface area contributed by atoms with Crippen molar-refractivity contribution >= 4 is 5.69 Å². The molecule has 0 radical (unpaired) electrons. The molecule has 0 bridgehead atoms. The molecule has 1 nitrogen and oxygen atoms in total. The smallest absolute Gasteiger partial charge is 0.382 e. The van der Waals surface area contributed by atoms with Crippen LogP contribution in [0.5, 0.6) is 0 Å². The van der Waals surface area contributed by atoms with Gasteiger partial charge in [-0.15, -0.1) is 0 Å². The van der Waals surface area contributed by atoms with Gasteiger partial charge >= 0.3 is 6.18 Å². The lowest BCUT2D eigenvalue weighted by molar-refractivity contribution is -0.139. The number of hydrogen-bond donors (Lipinski definition) is 1. The zero-order valence-corrected chi connectivity index (χ0v) is 12.3. The lowest BCUT2D eigenvalue weighted by Crippen LogP contribution is -2.29. The van der Waals surface area contributed by atoms with Crippen LogP contribution in [-0.4, -0.2) is 6.04 Å². The molecule has 2 rings (SSSR count). The van der Waals surface area contributed by atoms with Gasteiger partial charge in [-0.2, -0.15) is 13.2 Å². The summed E-state index contributed by atoms with van der Waals surface area (Å²) >= 11 is 0. The summed E-state index contributed by atoms with van der Waals surface area (Å²) in [7, 11) is 0. The molecule has 1 saturated carbocycles. The van der Waals surface area contributed by atoms with Gasteiger partial charge < -0.3 is 5.32 Å². The van der Waals surface area contributed by atoms with Crippen molar-refractivity contribution in [3.8, 4) is 0 Å². The Morgan fingerprint density at radius 1 is 1.19 bits per heavy atom. The van der Waals surface area contributed by atoms with Crippen LogP contribution in [0.2, 0.25) is 0 Å². The van der Waals surface area contributed by atoms with E-state index < -0.39 is 17.6 Å². The maximum atomic E-state index is 13.3. The van der Waals surface area contributed by atoms with Crippen LogP contribution in [0.15, 0.2) is 18.2 Å². The van der Waals surface area contributed by atoms with E-state index in [2.05, 4.69) is 19.2 Å². The summed E-state index contributed by atoms with van der Waals surface area (Å²) in [6.45, 7) is 4.35. The molecule has 118 valence electrons. The average molecular weight is 303 g/mol. The molecular formula is C16H21F4N. The third kappa shape index (κ3) is 4.11. The molecule has 0 aliphatic heterocycles. The summed E-state index contributed by atoms with van der Waals surface area (Å²) in [4.78, 5) is 0. The average Bonchev–Trinajstić information content (AvgIpc) is 2.40. The predicted molar refractivity (Wildman–Crippen MR) is 75.6 cm³/mol. The highest BCUT2D eigenvalue weighted by atomic mass is 19.4. The highest BCUT2D eigenvalue weighted by Gasteiger charge is 2.34. The first-order chi connectivity index (χ1) is 9.77. The molecule has 2 atom stereocenters. The summed E-state index contributed by atoms with van der Waals surface area (Å²) in [5, 5.41) is 3.14. The van der Waals surface area contributed by atoms with E-state index in [-0.39, 0.29) is 6.04 Å². The van der Waals surface area contributed by atoms with Gasteiger partial charge in [0.05, 0.1) is 5.56 Å². The van der Waals surface area contributed by atoms with Gasteiger partial charge in [0.15, 0.2) is 0 Å². The summed E-state index contributed by atoms with van der Waals surface area (Å²) in [5.41, 5.74) is -0.859. The fraction of sp³-hybridized carbons (Fsp3) is 0.625. The molecule has 2 unspecified atom stereocenters. The molecule has 1 N–H and O–H groups in total. The second-order valence-electron chi connectivity index (χ2n) is 6.20. The number of nitrogens with one attached hydrogen (secondary N) is 1. The molecule has 1 aliphatic carbocycles. The van der Waals surface area contributed by atoms with Crippen molar-refractivity contribution in [2.24, 2.45) is 11.8 Å². The fourth-order valence-corrected chi connectivity index (χ4v) is 3.03. The van der Waals surface area contributed by atoms with E-state index in [1.165, 1.54) is 12.5 Å². The Morgan fingerprint density at radius 2 is 1.90 bits per heavy atom. The van der Waals surface area contributed by atoms with Crippen LogP contribution >= 0.6 is 0 Å². The molecule has 1 aliphatic rings. The second-order valence-corrected chi connectivity index (χ2v) is 6.20. The maximum Gasteiger partial charge on any atom is 0.419 e. The van der Waals surface area contributed by atoms with Crippen molar-refractivity contribution in [2.75, 3.05) is 5.32 Å². The zero-order valence-electron chi connectivity index (χ0n) is 12.3. The highest BCUT2D eigenvalue weighted by molar-refractivity contribution is 5.48. The normalized spacial score (nSPS) is 23.4. The van der Waals surface area contributed by atoms with Crippen molar-refractivity contribution in [2.45, 2.75) is 51.7 Å². The number of halogens is 4. The van der Waals surface area contributed by atoms with Gasteiger partial charge in [0.25, 0.3) is 0 Å². The Bertz CT molecular complexity index is 482. The van der Waals surface area contributed by atoms with Gasteiger partial charge in [0, 0.05) is 11.7 Å². The quantitative estimate of drug-likeness (QED) is 0.730. The van der Waals surface area contributed by atoms with Crippen LogP contribution in [0.1, 0.15) is 45.1 Å². The molecule has 0 amide bonds. The minimum absolute atomic E-state index is 0.165. The summed E-state index contributed by atoms with van der Waals surface area (Å²) < 4.78 is 51.4. The van der Waals surface area contributed by atoms with E-state index in [4.69, 9.17) is 0 Å². The first-order valence-electron chi connectivity index (χ1n) is 7.40. The van der Waals surface area contributed by atoms with Crippen molar-refractivity contribution in [3.05, 3.63) is 29.6 Å². The van der Waals surface area contributed by atoms with Crippen LogP contribution in [-0.2, 0) is 6.18 Å². The summed E-state index contributed by atoms with van der Waals surface area (Å²) in [6, 6.07) is 3.30. The van der Waals surface area contributed by atoms with Gasteiger partial charge in [-0.1, -0.05) is 26.7 Å². The Morgan fingerprint density at radius 3 is 2.52 bits per heavy atom. The van der Waals surface area contributed by atoms with Gasteiger partial charge in [0.2, 0.25) is 0 Å². The molecule has 0 saturated heterocycles. The SMILES string of the molecule is CC(C)C1CCCC(Nc2ccc(F)c(C(F)(F)F)c2)C1. The molecule has 0 spiro atoms. The topological polar surface area (TPSA) is 12.0 Å².